The van der Waals surface area contributed by atoms with E-state index in [0.717, 1.165) is 24.8 Å². The Morgan fingerprint density at radius 3 is 2.42 bits per heavy atom. The molecule has 3 rings (SSSR count). The van der Waals surface area contributed by atoms with Crippen LogP contribution in [0.5, 0.6) is 5.75 Å². The predicted molar refractivity (Wildman–Crippen MR) is 137 cm³/mol. The van der Waals surface area contributed by atoms with Crippen LogP contribution in [0.3, 0.4) is 0 Å². The molecule has 1 aromatic rings. The number of hydrogen-bond acceptors (Lipinski definition) is 7. The van der Waals surface area contributed by atoms with Gasteiger partial charge in [-0.2, -0.15) is 0 Å². The zero-order valence-electron chi connectivity index (χ0n) is 21.8. The van der Waals surface area contributed by atoms with Gasteiger partial charge in [-0.05, 0) is 56.4 Å². The largest absolute Gasteiger partial charge is 0.493 e. The zero-order valence-corrected chi connectivity index (χ0v) is 21.8. The molecule has 0 bridgehead atoms. The average molecular weight is 503 g/mol. The number of ether oxygens (including phenoxy) is 1. The SMILES string of the molecule is CCCCCCCCOc1cc(C)c2c(c1[C@@H]1C[C@@H](CO)[C@H](O)[C@@H](O)[C@@H]1O)CC(CC(C)=O)=CC2=O. The minimum Gasteiger partial charge on any atom is -0.493 e. The van der Waals surface area contributed by atoms with Crippen molar-refractivity contribution in [2.45, 2.75) is 103 Å². The van der Waals surface area contributed by atoms with Crippen LogP contribution < -0.4 is 4.74 Å². The topological polar surface area (TPSA) is 124 Å². The number of allylic oxidation sites excluding steroid dienone is 2. The van der Waals surface area contributed by atoms with E-state index in [9.17, 15) is 30.0 Å². The van der Waals surface area contributed by atoms with Crippen LogP contribution in [0, 0.1) is 12.8 Å². The van der Waals surface area contributed by atoms with Gasteiger partial charge >= 0.3 is 0 Å². The first-order valence-corrected chi connectivity index (χ1v) is 13.4. The molecule has 0 aliphatic heterocycles. The van der Waals surface area contributed by atoms with Gasteiger partial charge in [-0.3, -0.25) is 9.59 Å². The van der Waals surface area contributed by atoms with E-state index in [4.69, 9.17) is 4.74 Å². The van der Waals surface area contributed by atoms with Crippen molar-refractivity contribution in [2.24, 2.45) is 5.92 Å². The number of fused-ring (bicyclic) bond motifs is 1. The van der Waals surface area contributed by atoms with Crippen LogP contribution in [-0.4, -0.2) is 63.5 Å². The molecule has 1 saturated carbocycles. The molecule has 0 saturated heterocycles. The Hall–Kier alpha value is -2.06. The van der Waals surface area contributed by atoms with E-state index < -0.39 is 30.1 Å². The van der Waals surface area contributed by atoms with Crippen molar-refractivity contribution in [1.82, 2.24) is 0 Å². The maximum absolute atomic E-state index is 13.1. The highest BCUT2D eigenvalue weighted by Gasteiger charge is 2.45. The Labute approximate surface area is 214 Å². The third-order valence-corrected chi connectivity index (χ3v) is 7.61. The summed E-state index contributed by atoms with van der Waals surface area (Å²) in [7, 11) is 0. The van der Waals surface area contributed by atoms with E-state index in [1.807, 2.05) is 13.0 Å². The molecule has 36 heavy (non-hydrogen) atoms. The molecule has 200 valence electrons. The summed E-state index contributed by atoms with van der Waals surface area (Å²) in [6.45, 7) is 5.67. The highest BCUT2D eigenvalue weighted by atomic mass is 16.5. The summed E-state index contributed by atoms with van der Waals surface area (Å²) >= 11 is 0. The molecule has 2 aliphatic carbocycles. The quantitative estimate of drug-likeness (QED) is 0.322. The van der Waals surface area contributed by atoms with E-state index in [-0.39, 0.29) is 31.0 Å². The van der Waals surface area contributed by atoms with Crippen molar-refractivity contribution in [1.29, 1.82) is 0 Å². The predicted octanol–water partition coefficient (Wildman–Crippen LogP) is 3.56. The van der Waals surface area contributed by atoms with Gasteiger partial charge in [-0.15, -0.1) is 0 Å². The van der Waals surface area contributed by atoms with Gasteiger partial charge in [0.05, 0.1) is 18.8 Å². The number of rotatable bonds is 12. The molecule has 7 nitrogen and oxygen atoms in total. The lowest BCUT2D eigenvalue weighted by atomic mass is 9.69. The second-order valence-corrected chi connectivity index (χ2v) is 10.6. The fraction of sp³-hybridized carbons (Fsp3) is 0.655. The van der Waals surface area contributed by atoms with Gasteiger partial charge in [-0.25, -0.2) is 0 Å². The summed E-state index contributed by atoms with van der Waals surface area (Å²) in [5.74, 6) is -0.926. The Kier molecular flexibility index (Phi) is 10.3. The van der Waals surface area contributed by atoms with E-state index in [1.165, 1.54) is 32.3 Å². The summed E-state index contributed by atoms with van der Waals surface area (Å²) in [5.41, 5.74) is 3.36. The van der Waals surface area contributed by atoms with E-state index >= 15 is 0 Å². The van der Waals surface area contributed by atoms with Crippen molar-refractivity contribution < 1.29 is 34.8 Å². The van der Waals surface area contributed by atoms with Crippen LogP contribution in [0.4, 0.5) is 0 Å². The fourth-order valence-corrected chi connectivity index (χ4v) is 5.75. The Morgan fingerprint density at radius 1 is 1.06 bits per heavy atom. The third-order valence-electron chi connectivity index (χ3n) is 7.61. The number of carbonyl (C=O) groups excluding carboxylic acids is 2. The number of aryl methyl sites for hydroxylation is 1. The summed E-state index contributed by atoms with van der Waals surface area (Å²) in [4.78, 5) is 25.0. The maximum Gasteiger partial charge on any atom is 0.186 e. The lowest BCUT2D eigenvalue weighted by Crippen LogP contribution is -2.51. The van der Waals surface area contributed by atoms with E-state index in [0.29, 0.717) is 41.0 Å². The van der Waals surface area contributed by atoms with Crippen LogP contribution in [0.1, 0.15) is 98.2 Å². The summed E-state index contributed by atoms with van der Waals surface area (Å²) in [5, 5.41) is 41.8. The zero-order chi connectivity index (χ0) is 26.4. The number of unbranched alkanes of at least 4 members (excludes halogenated alkanes) is 5. The number of carbonyl (C=O) groups is 2. The first kappa shape index (κ1) is 28.5. The molecular weight excluding hydrogens is 460 g/mol. The second-order valence-electron chi connectivity index (χ2n) is 10.6. The molecule has 0 unspecified atom stereocenters. The number of aliphatic hydroxyl groups excluding tert-OH is 4. The van der Waals surface area contributed by atoms with Gasteiger partial charge < -0.3 is 25.2 Å². The lowest BCUT2D eigenvalue weighted by molar-refractivity contribution is -0.127. The van der Waals surface area contributed by atoms with Crippen molar-refractivity contribution in [3.8, 4) is 5.75 Å². The molecule has 1 aromatic carbocycles. The van der Waals surface area contributed by atoms with E-state index in [2.05, 4.69) is 6.92 Å². The summed E-state index contributed by atoms with van der Waals surface area (Å²) < 4.78 is 6.26. The summed E-state index contributed by atoms with van der Waals surface area (Å²) in [6, 6.07) is 1.82. The van der Waals surface area contributed by atoms with Crippen LogP contribution in [0.2, 0.25) is 0 Å². The van der Waals surface area contributed by atoms with Crippen LogP contribution in [0.25, 0.3) is 0 Å². The van der Waals surface area contributed by atoms with E-state index in [1.54, 1.807) is 0 Å². The van der Waals surface area contributed by atoms with Gasteiger partial charge in [0.2, 0.25) is 0 Å². The highest BCUT2D eigenvalue weighted by Crippen LogP contribution is 2.45. The number of Topliss-reactive ketones (excluding diaryl/α,β-unsaturated/α-hetero) is 1. The molecule has 0 radical (unpaired) electrons. The Balaban J connectivity index is 1.99. The van der Waals surface area contributed by atoms with Crippen LogP contribution in [-0.2, 0) is 11.2 Å². The Morgan fingerprint density at radius 2 is 1.75 bits per heavy atom. The smallest absolute Gasteiger partial charge is 0.186 e. The second kappa shape index (κ2) is 13.0. The molecule has 4 N–H and O–H groups in total. The number of ketones is 2. The molecule has 5 atom stereocenters. The average Bonchev–Trinajstić information content (AvgIpc) is 2.82. The van der Waals surface area contributed by atoms with Gasteiger partial charge in [0.15, 0.2) is 5.78 Å². The normalized spacial score (nSPS) is 25.9. The minimum absolute atomic E-state index is 0.0390. The molecule has 0 amide bonds. The Bertz CT molecular complexity index is 965. The van der Waals surface area contributed by atoms with Crippen LogP contribution in [0.15, 0.2) is 17.7 Å². The van der Waals surface area contributed by atoms with Gasteiger partial charge in [0, 0.05) is 36.0 Å². The molecular formula is C29H42O7. The third kappa shape index (κ3) is 6.43. The standard InChI is InChI=1S/C29H42O7/c1-4-5-6-7-8-9-10-36-24-11-17(2)25-21(13-19(12-18(3)31)14-23(25)32)26(24)22-15-20(16-30)27(33)29(35)28(22)34/h11,14,20,22,27-30,33-35H,4-10,12-13,15-16H2,1-3H3/t20-,22-,27-,28+,29+/m0/s1. The van der Waals surface area contributed by atoms with Crippen LogP contribution >= 0.6 is 0 Å². The minimum atomic E-state index is -1.43. The number of aliphatic hydroxyl groups is 4. The molecule has 2 aliphatic rings. The first-order valence-electron chi connectivity index (χ1n) is 13.4. The van der Waals surface area contributed by atoms with Crippen molar-refractivity contribution in [3.05, 3.63) is 40.0 Å². The number of hydrogen-bond donors (Lipinski definition) is 4. The van der Waals surface area contributed by atoms with Gasteiger partial charge in [0.25, 0.3) is 0 Å². The lowest BCUT2D eigenvalue weighted by Gasteiger charge is -2.41. The van der Waals surface area contributed by atoms with Crippen molar-refractivity contribution >= 4 is 11.6 Å². The molecule has 0 spiro atoms. The monoisotopic (exact) mass is 502 g/mol. The highest BCUT2D eigenvalue weighted by molar-refractivity contribution is 6.09. The maximum atomic E-state index is 13.1. The first-order chi connectivity index (χ1) is 17.2. The van der Waals surface area contributed by atoms with Crippen molar-refractivity contribution in [3.63, 3.8) is 0 Å². The fourth-order valence-electron chi connectivity index (χ4n) is 5.75. The molecule has 0 aromatic heterocycles. The van der Waals surface area contributed by atoms with Gasteiger partial charge in [-0.1, -0.05) is 44.6 Å². The molecule has 1 fully saturated rings. The van der Waals surface area contributed by atoms with Gasteiger partial charge in [0.1, 0.15) is 17.6 Å². The molecule has 7 heteroatoms. The molecule has 0 heterocycles. The number of benzene rings is 1. The van der Waals surface area contributed by atoms with Crippen molar-refractivity contribution in [2.75, 3.05) is 13.2 Å². The summed E-state index contributed by atoms with van der Waals surface area (Å²) in [6.07, 6.45) is 5.01.